The first kappa shape index (κ1) is 19.8. The number of carbonyl (C=O) groups is 1. The number of fused-ring (bicyclic) bond motifs is 3. The summed E-state index contributed by atoms with van der Waals surface area (Å²) in [6.07, 6.45) is 0.385. The normalized spacial score (nSPS) is 32.7. The highest BCUT2D eigenvalue weighted by atomic mass is 32.2. The van der Waals surface area contributed by atoms with Gasteiger partial charge in [-0.15, -0.1) is 0 Å². The molecule has 26 heavy (non-hydrogen) atoms. The smallest absolute Gasteiger partial charge is 0.451 e. The van der Waals surface area contributed by atoms with Gasteiger partial charge in [-0.1, -0.05) is 0 Å². The van der Waals surface area contributed by atoms with Crippen LogP contribution in [0.5, 0.6) is 0 Å². The number of rotatable bonds is 5. The lowest BCUT2D eigenvalue weighted by atomic mass is 9.86. The van der Waals surface area contributed by atoms with Gasteiger partial charge in [-0.25, -0.2) is 4.79 Å². The molecular formula is C14H20F2O9S. The average molecular weight is 402 g/mol. The number of hydrogen-bond donors (Lipinski definition) is 3. The zero-order chi connectivity index (χ0) is 19.4. The highest BCUT2D eigenvalue weighted by Crippen LogP contribution is 2.56. The van der Waals surface area contributed by atoms with Gasteiger partial charge in [-0.05, 0) is 19.3 Å². The Balaban J connectivity index is 1.82. The van der Waals surface area contributed by atoms with Crippen LogP contribution in [0.3, 0.4) is 0 Å². The van der Waals surface area contributed by atoms with Gasteiger partial charge >= 0.3 is 21.3 Å². The molecule has 0 aromatic rings. The fraction of sp³-hybridized carbons (Fsp3) is 0.929. The van der Waals surface area contributed by atoms with Gasteiger partial charge in [-0.3, -0.25) is 4.55 Å². The molecule has 2 aliphatic carbocycles. The van der Waals surface area contributed by atoms with E-state index in [-0.39, 0.29) is 25.0 Å². The van der Waals surface area contributed by atoms with Crippen molar-refractivity contribution in [2.45, 2.75) is 36.4 Å². The fourth-order valence-corrected chi connectivity index (χ4v) is 4.19. The maximum Gasteiger partial charge on any atom is 0.465 e. The van der Waals surface area contributed by atoms with Gasteiger partial charge in [0.1, 0.15) is 0 Å². The van der Waals surface area contributed by atoms with Gasteiger partial charge in [0.15, 0.2) is 6.10 Å². The SMILES string of the molecule is O=C(OC1C2CCC(C2)C12OCC(CO)(CO)CO2)C(F)(F)S(=O)(=O)O. The third-order valence-electron chi connectivity index (χ3n) is 5.54. The molecule has 1 spiro atoms. The molecule has 150 valence electrons. The van der Waals surface area contributed by atoms with Crippen LogP contribution in [0.2, 0.25) is 0 Å². The molecule has 2 saturated carbocycles. The molecule has 3 atom stereocenters. The summed E-state index contributed by atoms with van der Waals surface area (Å²) in [6.45, 7) is -1.16. The van der Waals surface area contributed by atoms with Crippen molar-refractivity contribution in [2.24, 2.45) is 17.3 Å². The van der Waals surface area contributed by atoms with Crippen LogP contribution in [0, 0.1) is 17.3 Å². The zero-order valence-electron chi connectivity index (χ0n) is 13.6. The van der Waals surface area contributed by atoms with Crippen LogP contribution < -0.4 is 0 Å². The van der Waals surface area contributed by atoms with Crippen LogP contribution in [-0.4, -0.2) is 72.7 Å². The van der Waals surface area contributed by atoms with Crippen LogP contribution in [0.1, 0.15) is 19.3 Å². The molecule has 0 aromatic heterocycles. The van der Waals surface area contributed by atoms with Crippen molar-refractivity contribution < 1.29 is 51.0 Å². The van der Waals surface area contributed by atoms with Crippen LogP contribution >= 0.6 is 0 Å². The number of aliphatic hydroxyl groups is 2. The maximum atomic E-state index is 13.5. The number of carbonyl (C=O) groups excluding carboxylic acids is 1. The Bertz CT molecular complexity index is 666. The van der Waals surface area contributed by atoms with E-state index < -0.39 is 51.9 Å². The lowest BCUT2D eigenvalue weighted by Crippen LogP contribution is -2.61. The highest BCUT2D eigenvalue weighted by molar-refractivity contribution is 7.87. The molecule has 1 heterocycles. The summed E-state index contributed by atoms with van der Waals surface area (Å²) in [7, 11) is -5.98. The molecule has 2 bridgehead atoms. The van der Waals surface area contributed by atoms with Crippen molar-refractivity contribution >= 4 is 16.1 Å². The van der Waals surface area contributed by atoms with Crippen molar-refractivity contribution in [1.82, 2.24) is 0 Å². The van der Waals surface area contributed by atoms with Crippen molar-refractivity contribution in [3.63, 3.8) is 0 Å². The maximum absolute atomic E-state index is 13.5. The van der Waals surface area contributed by atoms with E-state index >= 15 is 0 Å². The minimum Gasteiger partial charge on any atom is -0.451 e. The topological polar surface area (TPSA) is 140 Å². The van der Waals surface area contributed by atoms with Gasteiger partial charge in [-0.2, -0.15) is 17.2 Å². The molecule has 12 heteroatoms. The molecule has 1 aliphatic heterocycles. The third-order valence-corrected chi connectivity index (χ3v) is 6.36. The van der Waals surface area contributed by atoms with Crippen molar-refractivity contribution in [3.8, 4) is 0 Å². The number of ether oxygens (including phenoxy) is 3. The lowest BCUT2D eigenvalue weighted by molar-refractivity contribution is -0.360. The van der Waals surface area contributed by atoms with E-state index in [9.17, 15) is 32.2 Å². The van der Waals surface area contributed by atoms with Crippen LogP contribution in [0.25, 0.3) is 0 Å². The minimum absolute atomic E-state index is 0.147. The molecule has 3 aliphatic rings. The Morgan fingerprint density at radius 3 is 2.27 bits per heavy atom. The van der Waals surface area contributed by atoms with Crippen LogP contribution in [-0.2, 0) is 29.1 Å². The van der Waals surface area contributed by atoms with Crippen LogP contribution in [0.4, 0.5) is 8.78 Å². The Kier molecular flexibility index (Phi) is 4.81. The molecule has 1 saturated heterocycles. The summed E-state index contributed by atoms with van der Waals surface area (Å²) in [5.74, 6) is -4.57. The zero-order valence-corrected chi connectivity index (χ0v) is 14.5. The molecule has 0 radical (unpaired) electrons. The molecule has 3 rings (SSSR count). The van der Waals surface area contributed by atoms with Gasteiger partial charge in [0.2, 0.25) is 5.79 Å². The average Bonchev–Trinajstić information content (AvgIpc) is 3.17. The Hall–Kier alpha value is -0.920. The monoisotopic (exact) mass is 402 g/mol. The number of alkyl halides is 2. The van der Waals surface area contributed by atoms with E-state index in [2.05, 4.69) is 0 Å². The summed E-state index contributed by atoms with van der Waals surface area (Å²) in [6, 6.07) is 0. The van der Waals surface area contributed by atoms with E-state index in [0.29, 0.717) is 19.3 Å². The van der Waals surface area contributed by atoms with Gasteiger partial charge < -0.3 is 24.4 Å². The third kappa shape index (κ3) is 2.83. The largest absolute Gasteiger partial charge is 0.465 e. The van der Waals surface area contributed by atoms with E-state index in [0.717, 1.165) is 0 Å². The number of aliphatic hydroxyl groups excluding tert-OH is 2. The van der Waals surface area contributed by atoms with Crippen molar-refractivity contribution in [3.05, 3.63) is 0 Å². The summed E-state index contributed by atoms with van der Waals surface area (Å²) in [5, 5.41) is 13.7. The van der Waals surface area contributed by atoms with Crippen LogP contribution in [0.15, 0.2) is 0 Å². The second-order valence-electron chi connectivity index (χ2n) is 7.20. The second-order valence-corrected chi connectivity index (χ2v) is 8.67. The summed E-state index contributed by atoms with van der Waals surface area (Å²) < 4.78 is 73.3. The Labute approximate surface area is 148 Å². The first-order valence-electron chi connectivity index (χ1n) is 8.07. The van der Waals surface area contributed by atoms with E-state index in [1.54, 1.807) is 0 Å². The number of hydrogen-bond acceptors (Lipinski definition) is 8. The summed E-state index contributed by atoms with van der Waals surface area (Å²) in [4.78, 5) is 11.7. The Morgan fingerprint density at radius 2 is 1.77 bits per heavy atom. The summed E-state index contributed by atoms with van der Waals surface area (Å²) >= 11 is 0. The van der Waals surface area contributed by atoms with Gasteiger partial charge in [0.25, 0.3) is 0 Å². The van der Waals surface area contributed by atoms with Crippen molar-refractivity contribution in [2.75, 3.05) is 26.4 Å². The quantitative estimate of drug-likeness (QED) is 0.411. The highest BCUT2D eigenvalue weighted by Gasteiger charge is 2.67. The predicted octanol–water partition coefficient (Wildman–Crippen LogP) is -0.477. The summed E-state index contributed by atoms with van der Waals surface area (Å²) in [5.41, 5.74) is -1.07. The molecule has 9 nitrogen and oxygen atoms in total. The molecule has 3 N–H and O–H groups in total. The number of halogens is 2. The van der Waals surface area contributed by atoms with E-state index in [4.69, 9.17) is 18.8 Å². The molecule has 0 amide bonds. The van der Waals surface area contributed by atoms with Gasteiger partial charge in [0, 0.05) is 11.8 Å². The standard InChI is InChI=1S/C14H20F2O9S/c15-14(16,26(20,21)22)11(19)25-10-8-1-2-9(3-8)13(10)23-6-12(4-17,5-18)7-24-13/h8-10,17-18H,1-7H2,(H,20,21,22). The molecule has 3 fully saturated rings. The van der Waals surface area contributed by atoms with E-state index in [1.807, 2.05) is 0 Å². The van der Waals surface area contributed by atoms with Crippen molar-refractivity contribution in [1.29, 1.82) is 0 Å². The molecule has 3 unspecified atom stereocenters. The number of esters is 1. The Morgan fingerprint density at radius 1 is 1.19 bits per heavy atom. The van der Waals surface area contributed by atoms with Gasteiger partial charge in [0.05, 0.1) is 31.8 Å². The predicted molar refractivity (Wildman–Crippen MR) is 78.4 cm³/mol. The first-order valence-corrected chi connectivity index (χ1v) is 9.51. The van der Waals surface area contributed by atoms with E-state index in [1.165, 1.54) is 0 Å². The first-order chi connectivity index (χ1) is 12.0. The minimum atomic E-state index is -5.98. The fourth-order valence-electron chi connectivity index (χ4n) is 3.93. The molecule has 0 aromatic carbocycles. The lowest BCUT2D eigenvalue weighted by Gasteiger charge is -2.49. The second kappa shape index (κ2) is 6.31. The molecular weight excluding hydrogens is 382 g/mol.